The van der Waals surface area contributed by atoms with Crippen molar-refractivity contribution in [3.8, 4) is 11.8 Å². The first kappa shape index (κ1) is 11.9. The molecule has 0 unspecified atom stereocenters. The van der Waals surface area contributed by atoms with Crippen LogP contribution in [0.5, 0.6) is 5.75 Å². The summed E-state index contributed by atoms with van der Waals surface area (Å²) in [6, 6.07) is 6.72. The van der Waals surface area contributed by atoms with Gasteiger partial charge in [-0.25, -0.2) is 0 Å². The molecule has 17 heavy (non-hydrogen) atoms. The van der Waals surface area contributed by atoms with Crippen molar-refractivity contribution < 1.29 is 9.53 Å². The largest absolute Gasteiger partial charge is 0.492 e. The van der Waals surface area contributed by atoms with Gasteiger partial charge in [-0.2, -0.15) is 5.26 Å². The van der Waals surface area contributed by atoms with E-state index in [1.54, 1.807) is 18.2 Å². The molecule has 0 radical (unpaired) electrons. The number of rotatable bonds is 5. The number of hydrogen-bond donors (Lipinski definition) is 0. The summed E-state index contributed by atoms with van der Waals surface area (Å²) in [6.45, 7) is 0.686. The van der Waals surface area contributed by atoms with E-state index in [4.69, 9.17) is 21.6 Å². The fourth-order valence-electron chi connectivity index (χ4n) is 1.46. The molecule has 0 saturated heterocycles. The summed E-state index contributed by atoms with van der Waals surface area (Å²) >= 11 is 6.02. The van der Waals surface area contributed by atoms with Crippen molar-refractivity contribution in [1.29, 1.82) is 5.26 Å². The van der Waals surface area contributed by atoms with Gasteiger partial charge in [0.05, 0.1) is 24.1 Å². The summed E-state index contributed by atoms with van der Waals surface area (Å²) in [7, 11) is 0. The zero-order chi connectivity index (χ0) is 12.3. The lowest BCUT2D eigenvalue weighted by Gasteiger charge is -2.08. The summed E-state index contributed by atoms with van der Waals surface area (Å²) in [4.78, 5) is 11.5. The molecule has 0 amide bonds. The normalized spacial score (nSPS) is 14.1. The number of carbonyl (C=O) groups excluding carboxylic acids is 1. The third-order valence-corrected chi connectivity index (χ3v) is 2.96. The fourth-order valence-corrected chi connectivity index (χ4v) is 1.69. The molecular formula is C13H12ClNO2. The molecule has 0 bridgehead atoms. The highest BCUT2D eigenvalue weighted by Crippen LogP contribution is 2.32. The molecule has 0 N–H and O–H groups in total. The predicted molar refractivity (Wildman–Crippen MR) is 64.2 cm³/mol. The van der Waals surface area contributed by atoms with Crippen LogP contribution in [0.15, 0.2) is 18.2 Å². The number of halogens is 1. The van der Waals surface area contributed by atoms with Gasteiger partial charge in [-0.1, -0.05) is 11.6 Å². The Morgan fingerprint density at radius 3 is 2.88 bits per heavy atom. The van der Waals surface area contributed by atoms with E-state index >= 15 is 0 Å². The van der Waals surface area contributed by atoms with Crippen LogP contribution in [0.4, 0.5) is 0 Å². The SMILES string of the molecule is N#CCC(=O)c1ccc(OCC2CC2)c(Cl)c1. The minimum absolute atomic E-state index is 0.126. The number of nitrogens with zero attached hydrogens (tertiary/aromatic N) is 1. The fraction of sp³-hybridized carbons (Fsp3) is 0.385. The van der Waals surface area contributed by atoms with E-state index in [0.717, 1.165) is 0 Å². The number of benzene rings is 1. The van der Waals surface area contributed by atoms with Crippen molar-refractivity contribution in [3.63, 3.8) is 0 Å². The zero-order valence-electron chi connectivity index (χ0n) is 9.28. The molecule has 1 fully saturated rings. The number of ether oxygens (including phenoxy) is 1. The van der Waals surface area contributed by atoms with Crippen LogP contribution in [-0.4, -0.2) is 12.4 Å². The standard InChI is InChI=1S/C13H12ClNO2/c14-11-7-10(12(16)5-6-15)3-4-13(11)17-8-9-1-2-9/h3-4,7,9H,1-2,5,8H2. The van der Waals surface area contributed by atoms with E-state index in [0.29, 0.717) is 28.9 Å². The molecule has 3 nitrogen and oxygen atoms in total. The maximum absolute atomic E-state index is 11.5. The Balaban J connectivity index is 2.05. The van der Waals surface area contributed by atoms with Crippen LogP contribution in [0.3, 0.4) is 0 Å². The van der Waals surface area contributed by atoms with Crippen LogP contribution in [0.2, 0.25) is 5.02 Å². The first-order chi connectivity index (χ1) is 8.20. The Labute approximate surface area is 105 Å². The molecule has 4 heteroatoms. The molecule has 0 heterocycles. The van der Waals surface area contributed by atoms with Gasteiger partial charge in [-0.15, -0.1) is 0 Å². The van der Waals surface area contributed by atoms with Gasteiger partial charge in [0.1, 0.15) is 5.75 Å². The molecular weight excluding hydrogens is 238 g/mol. The Kier molecular flexibility index (Phi) is 3.65. The third-order valence-electron chi connectivity index (χ3n) is 2.66. The summed E-state index contributed by atoms with van der Waals surface area (Å²) in [5, 5.41) is 8.87. The highest BCUT2D eigenvalue weighted by molar-refractivity contribution is 6.32. The van der Waals surface area contributed by atoms with Crippen molar-refractivity contribution in [3.05, 3.63) is 28.8 Å². The summed E-state index contributed by atoms with van der Waals surface area (Å²) < 4.78 is 5.55. The average Bonchev–Trinajstić information content (AvgIpc) is 3.11. The van der Waals surface area contributed by atoms with Crippen molar-refractivity contribution in [2.24, 2.45) is 5.92 Å². The monoisotopic (exact) mass is 249 g/mol. The van der Waals surface area contributed by atoms with Crippen molar-refractivity contribution in [1.82, 2.24) is 0 Å². The molecule has 88 valence electrons. The predicted octanol–water partition coefficient (Wildman–Crippen LogP) is 3.23. The lowest BCUT2D eigenvalue weighted by atomic mass is 10.1. The smallest absolute Gasteiger partial charge is 0.176 e. The molecule has 0 atom stereocenters. The molecule has 1 aliphatic rings. The molecule has 0 aromatic heterocycles. The van der Waals surface area contributed by atoms with E-state index in [2.05, 4.69) is 0 Å². The molecule has 0 spiro atoms. The van der Waals surface area contributed by atoms with Crippen LogP contribution in [0.25, 0.3) is 0 Å². The second kappa shape index (κ2) is 5.20. The van der Waals surface area contributed by atoms with Gasteiger partial charge in [0.15, 0.2) is 5.78 Å². The highest BCUT2D eigenvalue weighted by atomic mass is 35.5. The lowest BCUT2D eigenvalue weighted by molar-refractivity contribution is 0.0997. The van der Waals surface area contributed by atoms with Gasteiger partial charge in [0.25, 0.3) is 0 Å². The lowest BCUT2D eigenvalue weighted by Crippen LogP contribution is -2.01. The topological polar surface area (TPSA) is 50.1 Å². The van der Waals surface area contributed by atoms with Gasteiger partial charge >= 0.3 is 0 Å². The van der Waals surface area contributed by atoms with Crippen LogP contribution < -0.4 is 4.74 Å². The molecule has 0 aliphatic heterocycles. The number of carbonyl (C=O) groups is 1. The third kappa shape index (κ3) is 3.21. The first-order valence-corrected chi connectivity index (χ1v) is 5.91. The highest BCUT2D eigenvalue weighted by Gasteiger charge is 2.22. The molecule has 1 saturated carbocycles. The first-order valence-electron chi connectivity index (χ1n) is 5.53. The van der Waals surface area contributed by atoms with E-state index in [1.165, 1.54) is 12.8 Å². The zero-order valence-corrected chi connectivity index (χ0v) is 10.0. The molecule has 1 aliphatic carbocycles. The van der Waals surface area contributed by atoms with Crippen molar-refractivity contribution in [2.45, 2.75) is 19.3 Å². The van der Waals surface area contributed by atoms with Gasteiger partial charge in [-0.05, 0) is 37.0 Å². The number of nitriles is 1. The summed E-state index contributed by atoms with van der Waals surface area (Å²) in [5.41, 5.74) is 0.454. The maximum atomic E-state index is 11.5. The van der Waals surface area contributed by atoms with Crippen molar-refractivity contribution in [2.75, 3.05) is 6.61 Å². The average molecular weight is 250 g/mol. The number of ketones is 1. The van der Waals surface area contributed by atoms with Crippen LogP contribution >= 0.6 is 11.6 Å². The number of Topliss-reactive ketones (excluding diaryl/α,β-unsaturated/α-hetero) is 1. The van der Waals surface area contributed by atoms with Gasteiger partial charge in [0, 0.05) is 5.56 Å². The second-order valence-corrected chi connectivity index (χ2v) is 4.56. The molecule has 2 rings (SSSR count). The van der Waals surface area contributed by atoms with Crippen molar-refractivity contribution >= 4 is 17.4 Å². The van der Waals surface area contributed by atoms with Crippen LogP contribution in [0, 0.1) is 17.2 Å². The van der Waals surface area contributed by atoms with E-state index in [1.807, 2.05) is 6.07 Å². The van der Waals surface area contributed by atoms with Gasteiger partial charge in [-0.3, -0.25) is 4.79 Å². The minimum Gasteiger partial charge on any atom is -0.492 e. The molecule has 1 aromatic carbocycles. The Morgan fingerprint density at radius 1 is 1.53 bits per heavy atom. The quantitative estimate of drug-likeness (QED) is 0.753. The van der Waals surface area contributed by atoms with Crippen LogP contribution in [-0.2, 0) is 0 Å². The Hall–Kier alpha value is -1.53. The van der Waals surface area contributed by atoms with Crippen LogP contribution in [0.1, 0.15) is 29.6 Å². The van der Waals surface area contributed by atoms with Gasteiger partial charge in [0.2, 0.25) is 0 Å². The van der Waals surface area contributed by atoms with Gasteiger partial charge < -0.3 is 4.74 Å². The van der Waals surface area contributed by atoms with E-state index in [9.17, 15) is 4.79 Å². The summed E-state index contributed by atoms with van der Waals surface area (Å²) in [6.07, 6.45) is 2.31. The number of hydrogen-bond acceptors (Lipinski definition) is 3. The Bertz CT molecular complexity index is 475. The Morgan fingerprint density at radius 2 is 2.29 bits per heavy atom. The molecule has 1 aromatic rings. The second-order valence-electron chi connectivity index (χ2n) is 4.16. The summed E-state index contributed by atoms with van der Waals surface area (Å²) in [5.74, 6) is 1.04. The van der Waals surface area contributed by atoms with E-state index < -0.39 is 0 Å². The minimum atomic E-state index is -0.219. The van der Waals surface area contributed by atoms with E-state index in [-0.39, 0.29) is 12.2 Å². The maximum Gasteiger partial charge on any atom is 0.176 e.